The van der Waals surface area contributed by atoms with Crippen molar-refractivity contribution in [1.29, 1.82) is 0 Å². The molecule has 11 heteroatoms. The van der Waals surface area contributed by atoms with Crippen molar-refractivity contribution in [2.24, 2.45) is 5.92 Å². The van der Waals surface area contributed by atoms with E-state index in [-0.39, 0.29) is 18.5 Å². The van der Waals surface area contributed by atoms with Crippen molar-refractivity contribution in [3.05, 3.63) is 69.8 Å². The molecule has 2 N–H and O–H groups in total. The second-order valence-electron chi connectivity index (χ2n) is 7.09. The molecule has 1 aliphatic heterocycles. The highest BCUT2D eigenvalue weighted by Crippen LogP contribution is 2.21. The summed E-state index contributed by atoms with van der Waals surface area (Å²) in [4.78, 5) is 59.2. The molecule has 1 saturated heterocycles. The highest BCUT2D eigenvalue weighted by molar-refractivity contribution is 5.99. The standard InChI is InChI=1S/C21H20N4O7/c1-13-6-2-4-8-16(13)22-18(26)12-32-21(29)14-10-19(27)24(11-14)23-20(28)15-7-3-5-9-17(15)25(30)31/h2-9,14H,10-12H2,1H3,(H,22,26)(H,23,28)/t14-/m0/s1. The molecule has 1 atom stereocenters. The van der Waals surface area contributed by atoms with Crippen molar-refractivity contribution >= 4 is 35.1 Å². The van der Waals surface area contributed by atoms with Crippen LogP contribution in [0.3, 0.4) is 0 Å². The van der Waals surface area contributed by atoms with Gasteiger partial charge in [-0.1, -0.05) is 30.3 Å². The van der Waals surface area contributed by atoms with Crippen LogP contribution in [-0.4, -0.2) is 46.8 Å². The first-order valence-electron chi connectivity index (χ1n) is 9.63. The summed E-state index contributed by atoms with van der Waals surface area (Å²) in [6.07, 6.45) is -0.227. The van der Waals surface area contributed by atoms with Gasteiger partial charge in [0.2, 0.25) is 5.91 Å². The number of nitrogens with one attached hydrogen (secondary N) is 2. The zero-order chi connectivity index (χ0) is 23.3. The SMILES string of the molecule is Cc1ccccc1NC(=O)COC(=O)[C@H]1CC(=O)N(NC(=O)c2ccccc2[N+](=O)[O-])C1. The molecule has 0 aromatic heterocycles. The van der Waals surface area contributed by atoms with Crippen LogP contribution in [0.2, 0.25) is 0 Å². The zero-order valence-corrected chi connectivity index (χ0v) is 17.1. The van der Waals surface area contributed by atoms with Crippen LogP contribution in [0.4, 0.5) is 11.4 Å². The molecule has 0 aliphatic carbocycles. The molecular weight excluding hydrogens is 420 g/mol. The third-order valence-electron chi connectivity index (χ3n) is 4.80. The molecule has 2 aromatic carbocycles. The minimum absolute atomic E-state index is 0.177. The summed E-state index contributed by atoms with van der Waals surface area (Å²) in [6, 6.07) is 12.4. The van der Waals surface area contributed by atoms with Gasteiger partial charge in [0.15, 0.2) is 6.61 Å². The van der Waals surface area contributed by atoms with Gasteiger partial charge in [-0.25, -0.2) is 0 Å². The number of hydrogen-bond donors (Lipinski definition) is 2. The molecule has 1 fully saturated rings. The number of amides is 3. The van der Waals surface area contributed by atoms with Crippen LogP contribution in [0.1, 0.15) is 22.3 Å². The van der Waals surface area contributed by atoms with Gasteiger partial charge in [-0.15, -0.1) is 0 Å². The van der Waals surface area contributed by atoms with Gasteiger partial charge in [-0.05, 0) is 24.6 Å². The van der Waals surface area contributed by atoms with Crippen molar-refractivity contribution in [3.63, 3.8) is 0 Å². The fourth-order valence-corrected chi connectivity index (χ4v) is 3.14. The molecule has 3 rings (SSSR count). The van der Waals surface area contributed by atoms with Crippen molar-refractivity contribution in [2.45, 2.75) is 13.3 Å². The lowest BCUT2D eigenvalue weighted by Crippen LogP contribution is -2.43. The maximum absolute atomic E-state index is 12.4. The molecule has 0 spiro atoms. The average molecular weight is 440 g/mol. The Labute approximate surface area is 182 Å². The highest BCUT2D eigenvalue weighted by Gasteiger charge is 2.37. The summed E-state index contributed by atoms with van der Waals surface area (Å²) in [5, 5.41) is 14.6. The average Bonchev–Trinajstić information content (AvgIpc) is 3.13. The summed E-state index contributed by atoms with van der Waals surface area (Å²) in [5.41, 5.74) is 3.09. The van der Waals surface area contributed by atoms with Crippen LogP contribution < -0.4 is 10.7 Å². The number of carbonyl (C=O) groups is 4. The first-order valence-corrected chi connectivity index (χ1v) is 9.63. The van der Waals surface area contributed by atoms with E-state index in [1.54, 1.807) is 12.1 Å². The molecule has 1 aliphatic rings. The van der Waals surface area contributed by atoms with Crippen molar-refractivity contribution in [3.8, 4) is 0 Å². The van der Waals surface area contributed by atoms with E-state index < -0.39 is 46.8 Å². The predicted molar refractivity (Wildman–Crippen MR) is 111 cm³/mol. The summed E-state index contributed by atoms with van der Waals surface area (Å²) >= 11 is 0. The first kappa shape index (κ1) is 22.4. The first-order chi connectivity index (χ1) is 15.3. The van der Waals surface area contributed by atoms with E-state index in [0.717, 1.165) is 10.6 Å². The van der Waals surface area contributed by atoms with E-state index in [4.69, 9.17) is 4.74 Å². The van der Waals surface area contributed by atoms with Crippen LogP contribution in [0.15, 0.2) is 48.5 Å². The normalized spacial score (nSPS) is 15.2. The lowest BCUT2D eigenvalue weighted by atomic mass is 10.1. The maximum atomic E-state index is 12.4. The minimum atomic E-state index is -0.889. The molecule has 0 unspecified atom stereocenters. The van der Waals surface area contributed by atoms with Crippen molar-refractivity contribution < 1.29 is 28.8 Å². The topological polar surface area (TPSA) is 148 Å². The van der Waals surface area contributed by atoms with Gasteiger partial charge in [-0.2, -0.15) is 0 Å². The summed E-state index contributed by atoms with van der Waals surface area (Å²) in [5.74, 6) is -3.58. The number of hydrogen-bond acceptors (Lipinski definition) is 7. The Balaban J connectivity index is 1.53. The van der Waals surface area contributed by atoms with E-state index in [1.807, 2.05) is 19.1 Å². The number of nitro groups is 1. The lowest BCUT2D eigenvalue weighted by Gasteiger charge is -2.17. The highest BCUT2D eigenvalue weighted by atomic mass is 16.6. The largest absolute Gasteiger partial charge is 0.455 e. The molecule has 0 bridgehead atoms. The quantitative estimate of drug-likeness (QED) is 0.377. The lowest BCUT2D eigenvalue weighted by molar-refractivity contribution is -0.385. The number of ether oxygens (including phenoxy) is 1. The van der Waals surface area contributed by atoms with Gasteiger partial charge in [0, 0.05) is 18.2 Å². The van der Waals surface area contributed by atoms with Crippen LogP contribution in [0, 0.1) is 23.0 Å². The third-order valence-corrected chi connectivity index (χ3v) is 4.80. The third kappa shape index (κ3) is 5.25. The summed E-state index contributed by atoms with van der Waals surface area (Å²) < 4.78 is 5.00. The van der Waals surface area contributed by atoms with E-state index in [9.17, 15) is 29.3 Å². The van der Waals surface area contributed by atoms with E-state index in [0.29, 0.717) is 5.69 Å². The van der Waals surface area contributed by atoms with E-state index >= 15 is 0 Å². The monoisotopic (exact) mass is 440 g/mol. The molecule has 0 saturated carbocycles. The Bertz CT molecular complexity index is 1090. The van der Waals surface area contributed by atoms with Crippen LogP contribution in [-0.2, 0) is 19.1 Å². The summed E-state index contributed by atoms with van der Waals surface area (Å²) in [6.45, 7) is 1.11. The molecule has 32 heavy (non-hydrogen) atoms. The molecule has 11 nitrogen and oxygen atoms in total. The van der Waals surface area contributed by atoms with Gasteiger partial charge in [-0.3, -0.25) is 39.7 Å². The number of benzene rings is 2. The van der Waals surface area contributed by atoms with Gasteiger partial charge in [0.1, 0.15) is 5.56 Å². The second-order valence-corrected chi connectivity index (χ2v) is 7.09. The number of nitrogens with zero attached hydrogens (tertiary/aromatic N) is 2. The molecule has 1 heterocycles. The van der Waals surface area contributed by atoms with Gasteiger partial charge >= 0.3 is 5.97 Å². The second kappa shape index (κ2) is 9.69. The van der Waals surface area contributed by atoms with Gasteiger partial charge in [0.05, 0.1) is 17.4 Å². The number of para-hydroxylation sites is 2. The fourth-order valence-electron chi connectivity index (χ4n) is 3.14. The molecule has 0 radical (unpaired) electrons. The van der Waals surface area contributed by atoms with Crippen LogP contribution in [0.5, 0.6) is 0 Å². The fraction of sp³-hybridized carbons (Fsp3) is 0.238. The Morgan fingerprint density at radius 1 is 1.16 bits per heavy atom. The van der Waals surface area contributed by atoms with E-state index in [2.05, 4.69) is 10.7 Å². The Morgan fingerprint density at radius 2 is 1.84 bits per heavy atom. The molecule has 3 amide bonds. The Hall–Kier alpha value is -4.28. The predicted octanol–water partition coefficient (Wildman–Crippen LogP) is 1.58. The number of anilines is 1. The van der Waals surface area contributed by atoms with Crippen LogP contribution in [0.25, 0.3) is 0 Å². The minimum Gasteiger partial charge on any atom is -0.455 e. The van der Waals surface area contributed by atoms with E-state index in [1.165, 1.54) is 24.3 Å². The van der Waals surface area contributed by atoms with Crippen molar-refractivity contribution in [2.75, 3.05) is 18.5 Å². The van der Waals surface area contributed by atoms with Crippen molar-refractivity contribution in [1.82, 2.24) is 10.4 Å². The zero-order valence-electron chi connectivity index (χ0n) is 17.1. The number of nitro benzene ring substituents is 1. The number of hydrazine groups is 1. The maximum Gasteiger partial charge on any atom is 0.311 e. The number of carbonyl (C=O) groups excluding carboxylic acids is 4. The smallest absolute Gasteiger partial charge is 0.311 e. The number of rotatable bonds is 7. The molecule has 166 valence electrons. The summed E-state index contributed by atoms with van der Waals surface area (Å²) in [7, 11) is 0. The Morgan fingerprint density at radius 3 is 2.56 bits per heavy atom. The van der Waals surface area contributed by atoms with Crippen LogP contribution >= 0.6 is 0 Å². The number of esters is 1. The molecular formula is C21H20N4O7. The number of aryl methyl sites for hydroxylation is 1. The Kier molecular flexibility index (Phi) is 6.78. The van der Waals surface area contributed by atoms with Gasteiger partial charge in [0.25, 0.3) is 17.5 Å². The van der Waals surface area contributed by atoms with Gasteiger partial charge < -0.3 is 10.1 Å². The molecule has 2 aromatic rings.